The van der Waals surface area contributed by atoms with E-state index in [0.717, 1.165) is 19.6 Å². The van der Waals surface area contributed by atoms with E-state index < -0.39 is 0 Å². The molecule has 0 saturated carbocycles. The minimum absolute atomic E-state index is 0.269. The second-order valence-corrected chi connectivity index (χ2v) is 6.43. The Kier molecular flexibility index (Phi) is 4.77. The molecule has 2 atom stereocenters. The average Bonchev–Trinajstić information content (AvgIpc) is 2.44. The summed E-state index contributed by atoms with van der Waals surface area (Å²) in [4.78, 5) is 4.87. The normalized spacial score (nSPS) is 27.9. The molecule has 3 heteroatoms. The molecule has 1 rings (SSSR count). The molecule has 1 fully saturated rings. The van der Waals surface area contributed by atoms with Crippen molar-refractivity contribution in [3.63, 3.8) is 0 Å². The van der Waals surface area contributed by atoms with E-state index >= 15 is 0 Å². The molecule has 1 saturated heterocycles. The van der Waals surface area contributed by atoms with Crippen molar-refractivity contribution >= 4 is 0 Å². The minimum atomic E-state index is 0.269. The molecule has 1 heterocycles. The number of aliphatic hydroxyl groups is 1. The number of aliphatic hydroxyl groups excluding tert-OH is 1. The van der Waals surface area contributed by atoms with Crippen molar-refractivity contribution in [2.75, 3.05) is 33.3 Å². The van der Waals surface area contributed by atoms with Crippen LogP contribution in [0.5, 0.6) is 0 Å². The topological polar surface area (TPSA) is 26.7 Å². The van der Waals surface area contributed by atoms with Gasteiger partial charge in [0.1, 0.15) is 0 Å². The predicted octanol–water partition coefficient (Wildman–Crippen LogP) is 1.42. The van der Waals surface area contributed by atoms with E-state index in [-0.39, 0.29) is 6.61 Å². The lowest BCUT2D eigenvalue weighted by Gasteiger charge is -2.34. The first-order chi connectivity index (χ1) is 7.33. The van der Waals surface area contributed by atoms with Gasteiger partial charge in [-0.25, -0.2) is 0 Å². The van der Waals surface area contributed by atoms with Gasteiger partial charge in [0.25, 0.3) is 0 Å². The highest BCUT2D eigenvalue weighted by molar-refractivity contribution is 4.88. The van der Waals surface area contributed by atoms with E-state index in [0.29, 0.717) is 17.5 Å². The largest absolute Gasteiger partial charge is 0.395 e. The molecule has 0 amide bonds. The number of hydrogen-bond donors (Lipinski definition) is 1. The van der Waals surface area contributed by atoms with E-state index in [1.807, 2.05) is 0 Å². The molecular formula is C13H28N2O. The van der Waals surface area contributed by atoms with Crippen LogP contribution in [0, 0.1) is 5.41 Å². The molecule has 0 radical (unpaired) electrons. The van der Waals surface area contributed by atoms with Crippen molar-refractivity contribution in [1.29, 1.82) is 0 Å². The van der Waals surface area contributed by atoms with Gasteiger partial charge in [0.15, 0.2) is 0 Å². The Morgan fingerprint density at radius 1 is 1.38 bits per heavy atom. The van der Waals surface area contributed by atoms with Gasteiger partial charge in [0, 0.05) is 31.7 Å². The molecule has 0 aromatic carbocycles. The first-order valence-electron chi connectivity index (χ1n) is 6.38. The van der Waals surface area contributed by atoms with E-state index in [9.17, 15) is 5.11 Å². The third-order valence-electron chi connectivity index (χ3n) is 3.45. The Bertz CT molecular complexity index is 202. The van der Waals surface area contributed by atoms with Crippen LogP contribution in [0.25, 0.3) is 0 Å². The summed E-state index contributed by atoms with van der Waals surface area (Å²) in [6.45, 7) is 12.4. The molecule has 0 aromatic heterocycles. The second-order valence-electron chi connectivity index (χ2n) is 6.43. The first-order valence-corrected chi connectivity index (χ1v) is 6.38. The molecule has 0 bridgehead atoms. The highest BCUT2D eigenvalue weighted by Gasteiger charge is 2.31. The van der Waals surface area contributed by atoms with Crippen LogP contribution in [0.1, 0.15) is 34.1 Å². The van der Waals surface area contributed by atoms with E-state index in [4.69, 9.17) is 0 Å². The van der Waals surface area contributed by atoms with E-state index in [1.165, 1.54) is 6.42 Å². The SMILES string of the molecule is CC1CC(N(CCO)CC(C)(C)C)CN1C. The summed E-state index contributed by atoms with van der Waals surface area (Å²) >= 11 is 0. The summed E-state index contributed by atoms with van der Waals surface area (Å²) in [6.07, 6.45) is 1.23. The summed E-state index contributed by atoms with van der Waals surface area (Å²) in [5.74, 6) is 0. The average molecular weight is 228 g/mol. The summed E-state index contributed by atoms with van der Waals surface area (Å²) < 4.78 is 0. The molecule has 0 aromatic rings. The van der Waals surface area contributed by atoms with Crippen LogP contribution in [0.3, 0.4) is 0 Å². The van der Waals surface area contributed by atoms with Crippen molar-refractivity contribution < 1.29 is 5.11 Å². The molecule has 96 valence electrons. The summed E-state index contributed by atoms with van der Waals surface area (Å²) in [6, 6.07) is 1.29. The summed E-state index contributed by atoms with van der Waals surface area (Å²) in [7, 11) is 2.19. The first kappa shape index (κ1) is 13.9. The van der Waals surface area contributed by atoms with Crippen LogP contribution in [0.2, 0.25) is 0 Å². The van der Waals surface area contributed by atoms with Gasteiger partial charge in [-0.3, -0.25) is 4.90 Å². The molecule has 0 spiro atoms. The van der Waals surface area contributed by atoms with Crippen LogP contribution >= 0.6 is 0 Å². The van der Waals surface area contributed by atoms with Crippen molar-refractivity contribution in [3.8, 4) is 0 Å². The Labute approximate surface area is 100 Å². The fourth-order valence-electron chi connectivity index (χ4n) is 2.55. The molecule has 3 nitrogen and oxygen atoms in total. The highest BCUT2D eigenvalue weighted by Crippen LogP contribution is 2.24. The zero-order valence-corrected chi connectivity index (χ0v) is 11.5. The van der Waals surface area contributed by atoms with E-state index in [1.54, 1.807) is 0 Å². The number of hydrogen-bond acceptors (Lipinski definition) is 3. The summed E-state index contributed by atoms with van der Waals surface area (Å²) in [5, 5.41) is 9.17. The van der Waals surface area contributed by atoms with Gasteiger partial charge >= 0.3 is 0 Å². The lowest BCUT2D eigenvalue weighted by Crippen LogP contribution is -2.43. The lowest BCUT2D eigenvalue weighted by molar-refractivity contribution is 0.112. The van der Waals surface area contributed by atoms with Gasteiger partial charge in [-0.2, -0.15) is 0 Å². The molecule has 16 heavy (non-hydrogen) atoms. The monoisotopic (exact) mass is 228 g/mol. The van der Waals surface area contributed by atoms with Gasteiger partial charge in [0.2, 0.25) is 0 Å². The fourth-order valence-corrected chi connectivity index (χ4v) is 2.55. The quantitative estimate of drug-likeness (QED) is 0.788. The van der Waals surface area contributed by atoms with Crippen LogP contribution in [-0.4, -0.2) is 60.3 Å². The van der Waals surface area contributed by atoms with Crippen LogP contribution in [0.4, 0.5) is 0 Å². The van der Waals surface area contributed by atoms with Crippen LogP contribution in [0.15, 0.2) is 0 Å². The van der Waals surface area contributed by atoms with Crippen molar-refractivity contribution in [2.45, 2.75) is 46.2 Å². The molecule has 1 aliphatic heterocycles. The maximum absolute atomic E-state index is 9.17. The van der Waals surface area contributed by atoms with Gasteiger partial charge < -0.3 is 10.0 Å². The Morgan fingerprint density at radius 2 is 2.00 bits per heavy atom. The molecule has 0 aliphatic carbocycles. The fraction of sp³-hybridized carbons (Fsp3) is 1.00. The molecule has 1 N–H and O–H groups in total. The Hall–Kier alpha value is -0.120. The van der Waals surface area contributed by atoms with E-state index in [2.05, 4.69) is 44.5 Å². The molecular weight excluding hydrogens is 200 g/mol. The van der Waals surface area contributed by atoms with Gasteiger partial charge in [0.05, 0.1) is 6.61 Å². The number of rotatable bonds is 4. The zero-order valence-electron chi connectivity index (χ0n) is 11.5. The van der Waals surface area contributed by atoms with Crippen molar-refractivity contribution in [3.05, 3.63) is 0 Å². The smallest absolute Gasteiger partial charge is 0.0558 e. The Morgan fingerprint density at radius 3 is 2.38 bits per heavy atom. The maximum atomic E-state index is 9.17. The maximum Gasteiger partial charge on any atom is 0.0558 e. The van der Waals surface area contributed by atoms with Crippen molar-refractivity contribution in [2.24, 2.45) is 5.41 Å². The predicted molar refractivity (Wildman–Crippen MR) is 68.6 cm³/mol. The van der Waals surface area contributed by atoms with Gasteiger partial charge in [-0.15, -0.1) is 0 Å². The van der Waals surface area contributed by atoms with Crippen LogP contribution < -0.4 is 0 Å². The second kappa shape index (κ2) is 5.48. The van der Waals surface area contributed by atoms with Crippen molar-refractivity contribution in [1.82, 2.24) is 9.80 Å². The molecule has 1 aliphatic rings. The third-order valence-corrected chi connectivity index (χ3v) is 3.45. The van der Waals surface area contributed by atoms with Gasteiger partial charge in [-0.1, -0.05) is 20.8 Å². The lowest BCUT2D eigenvalue weighted by atomic mass is 9.95. The van der Waals surface area contributed by atoms with Crippen LogP contribution in [-0.2, 0) is 0 Å². The molecule has 2 unspecified atom stereocenters. The Balaban J connectivity index is 2.57. The standard InChI is InChI=1S/C13H28N2O/c1-11-8-12(9-14(11)5)15(6-7-16)10-13(2,3)4/h11-12,16H,6-10H2,1-5H3. The number of likely N-dealkylation sites (tertiary alicyclic amines) is 1. The van der Waals surface area contributed by atoms with Gasteiger partial charge in [-0.05, 0) is 25.8 Å². The number of likely N-dealkylation sites (N-methyl/N-ethyl adjacent to an activating group) is 1. The third kappa shape index (κ3) is 4.04. The minimum Gasteiger partial charge on any atom is -0.395 e. The highest BCUT2D eigenvalue weighted by atomic mass is 16.3. The zero-order chi connectivity index (χ0) is 12.3. The summed E-state index contributed by atoms with van der Waals surface area (Å²) in [5.41, 5.74) is 0.305. The number of nitrogens with zero attached hydrogens (tertiary/aromatic N) is 2.